The van der Waals surface area contributed by atoms with Crippen molar-refractivity contribution in [2.75, 3.05) is 18.2 Å². The van der Waals surface area contributed by atoms with Crippen molar-refractivity contribution in [3.8, 4) is 0 Å². The third kappa shape index (κ3) is 3.03. The van der Waals surface area contributed by atoms with E-state index in [0.29, 0.717) is 5.56 Å². The maximum atomic E-state index is 12.7. The summed E-state index contributed by atoms with van der Waals surface area (Å²) in [5.74, 6) is 0.181. The van der Waals surface area contributed by atoms with Gasteiger partial charge in [0.15, 0.2) is 0 Å². The monoisotopic (exact) mass is 264 g/mol. The zero-order chi connectivity index (χ0) is 13.0. The molecule has 17 heavy (non-hydrogen) atoms. The van der Waals surface area contributed by atoms with Gasteiger partial charge < -0.3 is 5.32 Å². The Labute approximate surface area is 102 Å². The molecule has 0 saturated carbocycles. The quantitative estimate of drug-likeness (QED) is 0.504. The van der Waals surface area contributed by atoms with Crippen LogP contribution in [-0.2, 0) is 6.42 Å². The van der Waals surface area contributed by atoms with Crippen LogP contribution in [0.5, 0.6) is 0 Å². The summed E-state index contributed by atoms with van der Waals surface area (Å²) in [6, 6.07) is 2.25. The lowest BCUT2D eigenvalue weighted by Gasteiger charge is -2.10. The number of anilines is 1. The van der Waals surface area contributed by atoms with Gasteiger partial charge in [-0.25, -0.2) is 8.78 Å². The molecular formula is C10H11ClF2N2O2. The molecule has 0 radical (unpaired) electrons. The first kappa shape index (κ1) is 13.6. The molecule has 0 bridgehead atoms. The molecule has 1 N–H and O–H groups in total. The maximum absolute atomic E-state index is 12.7. The first-order chi connectivity index (χ1) is 8.01. The van der Waals surface area contributed by atoms with Gasteiger partial charge in [0.05, 0.1) is 4.92 Å². The Bertz CT molecular complexity index is 427. The van der Waals surface area contributed by atoms with E-state index in [2.05, 4.69) is 5.32 Å². The predicted octanol–water partition coefficient (Wildman–Crippen LogP) is 3.36. The standard InChI is InChI=1S/C10H11ClF2N2O2/c1-14-8-4-6(2-3-11)7(10(12)13)5-9(8)15(16)17/h4-5,10,14H,2-3H2,1H3. The largest absolute Gasteiger partial charge is 0.383 e. The van der Waals surface area contributed by atoms with E-state index < -0.39 is 11.3 Å². The fourth-order valence-electron chi connectivity index (χ4n) is 1.52. The molecule has 0 heterocycles. The molecular weight excluding hydrogens is 254 g/mol. The van der Waals surface area contributed by atoms with Crippen LogP contribution in [0, 0.1) is 10.1 Å². The molecule has 0 spiro atoms. The van der Waals surface area contributed by atoms with Gasteiger partial charge in [0.1, 0.15) is 5.69 Å². The highest BCUT2D eigenvalue weighted by molar-refractivity contribution is 6.18. The molecule has 1 aromatic rings. The van der Waals surface area contributed by atoms with Crippen LogP contribution in [0.3, 0.4) is 0 Å². The van der Waals surface area contributed by atoms with Gasteiger partial charge in [-0.1, -0.05) is 0 Å². The molecule has 1 rings (SSSR count). The summed E-state index contributed by atoms with van der Waals surface area (Å²) in [4.78, 5) is 10.0. The summed E-state index contributed by atoms with van der Waals surface area (Å²) in [6.45, 7) is 0. The molecule has 0 unspecified atom stereocenters. The van der Waals surface area contributed by atoms with Crippen LogP contribution in [0.1, 0.15) is 17.6 Å². The number of aryl methyl sites for hydroxylation is 1. The molecule has 0 fully saturated rings. The van der Waals surface area contributed by atoms with E-state index in [1.54, 1.807) is 0 Å². The minimum atomic E-state index is -2.75. The van der Waals surface area contributed by atoms with Crippen molar-refractivity contribution in [3.63, 3.8) is 0 Å². The van der Waals surface area contributed by atoms with Gasteiger partial charge in [-0.05, 0) is 18.1 Å². The zero-order valence-corrected chi connectivity index (χ0v) is 9.80. The highest BCUT2D eigenvalue weighted by Crippen LogP contribution is 2.33. The van der Waals surface area contributed by atoms with Gasteiger partial charge in [-0.15, -0.1) is 11.6 Å². The SMILES string of the molecule is CNc1cc(CCCl)c(C(F)F)cc1[N+](=O)[O-]. The van der Waals surface area contributed by atoms with Crippen LogP contribution in [0.4, 0.5) is 20.2 Å². The molecule has 1 aromatic carbocycles. The van der Waals surface area contributed by atoms with E-state index >= 15 is 0 Å². The summed E-state index contributed by atoms with van der Waals surface area (Å²) in [5, 5.41) is 13.3. The highest BCUT2D eigenvalue weighted by atomic mass is 35.5. The molecule has 4 nitrogen and oxygen atoms in total. The van der Waals surface area contributed by atoms with E-state index in [0.717, 1.165) is 6.07 Å². The topological polar surface area (TPSA) is 55.2 Å². The van der Waals surface area contributed by atoms with Crippen molar-refractivity contribution in [3.05, 3.63) is 33.4 Å². The lowest BCUT2D eigenvalue weighted by atomic mass is 10.0. The summed E-state index contributed by atoms with van der Waals surface area (Å²) in [5.41, 5.74) is -0.165. The number of alkyl halides is 3. The van der Waals surface area contributed by atoms with E-state index in [4.69, 9.17) is 11.6 Å². The minimum absolute atomic E-state index is 0.181. The van der Waals surface area contributed by atoms with E-state index in [1.165, 1.54) is 13.1 Å². The lowest BCUT2D eigenvalue weighted by molar-refractivity contribution is -0.384. The molecule has 0 aromatic heterocycles. The number of nitro benzene ring substituents is 1. The average Bonchev–Trinajstić information content (AvgIpc) is 2.28. The third-order valence-electron chi connectivity index (χ3n) is 2.32. The molecule has 0 aliphatic rings. The lowest BCUT2D eigenvalue weighted by Crippen LogP contribution is -2.03. The Morgan fingerprint density at radius 2 is 2.18 bits per heavy atom. The second kappa shape index (κ2) is 5.77. The number of hydrogen-bond acceptors (Lipinski definition) is 3. The number of hydrogen-bond donors (Lipinski definition) is 1. The van der Waals surface area contributed by atoms with Crippen LogP contribution in [0.15, 0.2) is 12.1 Å². The number of nitrogens with one attached hydrogen (secondary N) is 1. The Morgan fingerprint density at radius 1 is 1.53 bits per heavy atom. The molecule has 94 valence electrons. The zero-order valence-electron chi connectivity index (χ0n) is 9.04. The van der Waals surface area contributed by atoms with E-state index in [9.17, 15) is 18.9 Å². The van der Waals surface area contributed by atoms with Crippen molar-refractivity contribution in [1.29, 1.82) is 0 Å². The Kier molecular flexibility index (Phi) is 4.62. The molecule has 0 aliphatic carbocycles. The number of nitro groups is 1. The van der Waals surface area contributed by atoms with Gasteiger partial charge in [0, 0.05) is 24.6 Å². The summed E-state index contributed by atoms with van der Waals surface area (Å²) in [7, 11) is 1.49. The second-order valence-electron chi connectivity index (χ2n) is 3.31. The molecule has 0 atom stereocenters. The first-order valence-electron chi connectivity index (χ1n) is 4.84. The molecule has 7 heteroatoms. The van der Waals surface area contributed by atoms with Crippen molar-refractivity contribution in [2.24, 2.45) is 0 Å². The molecule has 0 amide bonds. The molecule has 0 saturated heterocycles. The minimum Gasteiger partial charge on any atom is -0.383 e. The van der Waals surface area contributed by atoms with Gasteiger partial charge in [-0.3, -0.25) is 10.1 Å². The normalized spacial score (nSPS) is 10.6. The van der Waals surface area contributed by atoms with Crippen LogP contribution in [-0.4, -0.2) is 17.9 Å². The Hall–Kier alpha value is -1.43. The summed E-state index contributed by atoms with van der Waals surface area (Å²) >= 11 is 5.51. The summed E-state index contributed by atoms with van der Waals surface area (Å²) < 4.78 is 25.5. The number of benzene rings is 1. The van der Waals surface area contributed by atoms with Crippen LogP contribution in [0.25, 0.3) is 0 Å². The predicted molar refractivity (Wildman–Crippen MR) is 62.0 cm³/mol. The van der Waals surface area contributed by atoms with Crippen LogP contribution < -0.4 is 5.32 Å². The van der Waals surface area contributed by atoms with E-state index in [1.807, 2.05) is 0 Å². The van der Waals surface area contributed by atoms with E-state index in [-0.39, 0.29) is 29.2 Å². The Balaban J connectivity index is 3.36. The van der Waals surface area contributed by atoms with Crippen molar-refractivity contribution in [2.45, 2.75) is 12.8 Å². The van der Waals surface area contributed by atoms with Crippen LogP contribution in [0.2, 0.25) is 0 Å². The fraction of sp³-hybridized carbons (Fsp3) is 0.400. The van der Waals surface area contributed by atoms with Gasteiger partial charge in [0.2, 0.25) is 0 Å². The average molecular weight is 265 g/mol. The Morgan fingerprint density at radius 3 is 2.59 bits per heavy atom. The van der Waals surface area contributed by atoms with Crippen molar-refractivity contribution in [1.82, 2.24) is 0 Å². The van der Waals surface area contributed by atoms with Gasteiger partial charge >= 0.3 is 0 Å². The number of nitrogens with zero attached hydrogens (tertiary/aromatic N) is 1. The van der Waals surface area contributed by atoms with Crippen LogP contribution >= 0.6 is 11.6 Å². The van der Waals surface area contributed by atoms with Gasteiger partial charge in [-0.2, -0.15) is 0 Å². The maximum Gasteiger partial charge on any atom is 0.292 e. The fourth-order valence-corrected chi connectivity index (χ4v) is 1.73. The number of rotatable bonds is 5. The van der Waals surface area contributed by atoms with Crippen molar-refractivity contribution < 1.29 is 13.7 Å². The second-order valence-corrected chi connectivity index (χ2v) is 3.69. The first-order valence-corrected chi connectivity index (χ1v) is 5.37. The highest BCUT2D eigenvalue weighted by Gasteiger charge is 2.21. The van der Waals surface area contributed by atoms with Gasteiger partial charge in [0.25, 0.3) is 12.1 Å². The molecule has 0 aliphatic heterocycles. The summed E-state index contributed by atoms with van der Waals surface area (Å²) in [6.07, 6.45) is -2.51. The van der Waals surface area contributed by atoms with Crippen molar-refractivity contribution >= 4 is 23.0 Å². The number of halogens is 3. The smallest absolute Gasteiger partial charge is 0.292 e. The third-order valence-corrected chi connectivity index (χ3v) is 2.51.